The van der Waals surface area contributed by atoms with Gasteiger partial charge in [-0.1, -0.05) is 24.3 Å². The Hall–Kier alpha value is -3.73. The Balaban J connectivity index is 0.00000185. The predicted molar refractivity (Wildman–Crippen MR) is 147 cm³/mol. The number of hydrogen-bond acceptors (Lipinski definition) is 7. The molecule has 1 aliphatic carbocycles. The summed E-state index contributed by atoms with van der Waals surface area (Å²) >= 11 is 0. The van der Waals surface area contributed by atoms with Gasteiger partial charge in [0.25, 0.3) is 0 Å². The highest BCUT2D eigenvalue weighted by Crippen LogP contribution is 2.49. The summed E-state index contributed by atoms with van der Waals surface area (Å²) in [5, 5.41) is 12.5. The Morgan fingerprint density at radius 3 is 2.55 bits per heavy atom. The van der Waals surface area contributed by atoms with Gasteiger partial charge in [0.2, 0.25) is 15.9 Å². The number of hydrogen-bond donors (Lipinski definition) is 2. The summed E-state index contributed by atoms with van der Waals surface area (Å²) in [4.78, 5) is 26.8. The molecule has 2 fully saturated rings. The van der Waals surface area contributed by atoms with Crippen molar-refractivity contribution in [3.05, 3.63) is 78.6 Å². The van der Waals surface area contributed by atoms with Crippen LogP contribution in [0, 0.1) is 0 Å². The van der Waals surface area contributed by atoms with Crippen LogP contribution in [0.4, 0.5) is 5.82 Å². The molecule has 0 spiro atoms. The van der Waals surface area contributed by atoms with Gasteiger partial charge in [0.15, 0.2) is 0 Å². The molecule has 198 valence electrons. The lowest BCUT2D eigenvalue weighted by molar-refractivity contribution is -0.118. The van der Waals surface area contributed by atoms with Gasteiger partial charge in [0.05, 0.1) is 33.6 Å². The van der Waals surface area contributed by atoms with Crippen LogP contribution in [-0.4, -0.2) is 57.9 Å². The topological polar surface area (TPSA) is 125 Å². The molecule has 6 rings (SSSR count). The molecular formula is C28H31N5O4S. The maximum absolute atomic E-state index is 13.3. The average Bonchev–Trinajstić information content (AvgIpc) is 3.62. The van der Waals surface area contributed by atoms with Crippen LogP contribution in [0.3, 0.4) is 0 Å². The zero-order valence-electron chi connectivity index (χ0n) is 20.6. The number of carbonyl (C=O) groups is 1. The van der Waals surface area contributed by atoms with Gasteiger partial charge in [-0.2, -0.15) is 4.31 Å². The number of rotatable bonds is 7. The quantitative estimate of drug-likeness (QED) is 0.368. The van der Waals surface area contributed by atoms with Crippen LogP contribution in [-0.2, 0) is 20.2 Å². The maximum Gasteiger partial charge on any atom is 0.243 e. The number of benzene rings is 2. The van der Waals surface area contributed by atoms with E-state index in [0.717, 1.165) is 41.4 Å². The largest absolute Gasteiger partial charge is 0.395 e. The molecule has 2 aromatic carbocycles. The second-order valence-corrected chi connectivity index (χ2v) is 11.7. The summed E-state index contributed by atoms with van der Waals surface area (Å²) in [6.07, 6.45) is 6.17. The van der Waals surface area contributed by atoms with Crippen molar-refractivity contribution in [3.8, 4) is 11.3 Å². The summed E-state index contributed by atoms with van der Waals surface area (Å²) in [7, 11) is -3.69. The first-order valence-corrected chi connectivity index (χ1v) is 14.1. The molecule has 2 aromatic heterocycles. The Bertz CT molecular complexity index is 1630. The molecule has 38 heavy (non-hydrogen) atoms. The third-order valence-electron chi connectivity index (χ3n) is 7.49. The van der Waals surface area contributed by atoms with Gasteiger partial charge in [-0.05, 0) is 67.6 Å². The maximum atomic E-state index is 13.3. The Labute approximate surface area is 223 Å². The summed E-state index contributed by atoms with van der Waals surface area (Å²) in [6.45, 7) is 0.225. The van der Waals surface area contributed by atoms with E-state index in [1.807, 2.05) is 30.3 Å². The van der Waals surface area contributed by atoms with Gasteiger partial charge >= 0.3 is 0 Å². The number of aliphatic hydroxyl groups is 1. The number of fused-ring (bicyclic) bond motifs is 1. The van der Waals surface area contributed by atoms with E-state index in [2.05, 4.69) is 20.3 Å². The molecule has 9 nitrogen and oxygen atoms in total. The SMILES string of the molecule is O=C(Nc1cccc(-c2ccc(S(=O)(=O)N3CCC[C@@H]3CO)cc2)n1)C1(c2ccc3nccnc3c2)CC1.[HH].[HH]. The lowest BCUT2D eigenvalue weighted by Gasteiger charge is -2.22. The van der Waals surface area contributed by atoms with Crippen molar-refractivity contribution in [2.24, 2.45) is 0 Å². The molecule has 4 aromatic rings. The van der Waals surface area contributed by atoms with Crippen LogP contribution in [0.25, 0.3) is 22.3 Å². The van der Waals surface area contributed by atoms with Crippen molar-refractivity contribution in [3.63, 3.8) is 0 Å². The van der Waals surface area contributed by atoms with Gasteiger partial charge in [0.1, 0.15) is 5.82 Å². The van der Waals surface area contributed by atoms with E-state index in [1.165, 1.54) is 4.31 Å². The fourth-order valence-corrected chi connectivity index (χ4v) is 6.86. The molecule has 0 radical (unpaired) electrons. The molecule has 10 heteroatoms. The molecule has 1 saturated carbocycles. The molecule has 1 aliphatic heterocycles. The third kappa shape index (κ3) is 4.34. The standard InChI is InChI=1S/C28H27N5O4S.2H2/c34-18-21-3-2-16-33(21)38(36,37)22-9-6-19(7-10-22)23-4-1-5-26(31-23)32-27(35)28(12-13-28)20-8-11-24-25(17-20)30-15-14-29-24;;/h1,4-11,14-15,17,21,34H,2-3,12-13,16,18H2,(H,31,32,35);2*1H/t21-;;/m1../s1. The number of nitrogens with one attached hydrogen (secondary N) is 1. The molecule has 0 bridgehead atoms. The normalized spacial score (nSPS) is 18.9. The zero-order chi connectivity index (χ0) is 26.3. The Morgan fingerprint density at radius 2 is 1.82 bits per heavy atom. The molecule has 1 atom stereocenters. The lowest BCUT2D eigenvalue weighted by Crippen LogP contribution is -2.37. The first-order chi connectivity index (χ1) is 18.4. The highest BCUT2D eigenvalue weighted by Gasteiger charge is 2.51. The first-order valence-electron chi connectivity index (χ1n) is 12.6. The Morgan fingerprint density at radius 1 is 1.05 bits per heavy atom. The summed E-state index contributed by atoms with van der Waals surface area (Å²) in [5.41, 5.74) is 3.20. The Kier molecular flexibility index (Phi) is 6.17. The van der Waals surface area contributed by atoms with Crippen LogP contribution in [0.5, 0.6) is 0 Å². The molecular weight excluding hydrogens is 502 g/mol. The second-order valence-electron chi connectivity index (χ2n) is 9.82. The van der Waals surface area contributed by atoms with Crippen molar-refractivity contribution in [1.82, 2.24) is 19.3 Å². The van der Waals surface area contributed by atoms with Crippen molar-refractivity contribution in [1.29, 1.82) is 0 Å². The highest BCUT2D eigenvalue weighted by molar-refractivity contribution is 7.89. The van der Waals surface area contributed by atoms with Gasteiger partial charge in [-0.3, -0.25) is 14.8 Å². The highest BCUT2D eigenvalue weighted by atomic mass is 32.2. The fourth-order valence-electron chi connectivity index (χ4n) is 5.17. The fraction of sp³-hybridized carbons (Fsp3) is 0.286. The molecule has 3 heterocycles. The van der Waals surface area contributed by atoms with Gasteiger partial charge in [-0.15, -0.1) is 0 Å². The summed E-state index contributed by atoms with van der Waals surface area (Å²) in [5.74, 6) is 0.315. The number of carbonyl (C=O) groups excluding carboxylic acids is 1. The van der Waals surface area contributed by atoms with E-state index in [4.69, 9.17) is 0 Å². The van der Waals surface area contributed by atoms with Crippen LogP contribution in [0.2, 0.25) is 0 Å². The van der Waals surface area contributed by atoms with Crippen LogP contribution in [0.15, 0.2) is 78.0 Å². The first kappa shape index (κ1) is 24.6. The minimum Gasteiger partial charge on any atom is -0.395 e. The third-order valence-corrected chi connectivity index (χ3v) is 9.45. The monoisotopic (exact) mass is 533 g/mol. The van der Waals surface area contributed by atoms with E-state index < -0.39 is 15.4 Å². The van der Waals surface area contributed by atoms with Crippen molar-refractivity contribution < 1.29 is 21.2 Å². The smallest absolute Gasteiger partial charge is 0.243 e. The molecule has 1 amide bonds. The molecule has 2 aliphatic rings. The summed E-state index contributed by atoms with van der Waals surface area (Å²) < 4.78 is 27.5. The number of aliphatic hydroxyl groups excluding tert-OH is 1. The summed E-state index contributed by atoms with van der Waals surface area (Å²) in [6, 6.07) is 17.3. The molecule has 1 saturated heterocycles. The van der Waals surface area contributed by atoms with Crippen molar-refractivity contribution in [2.45, 2.75) is 42.0 Å². The number of aromatic nitrogens is 3. The number of nitrogens with zero attached hydrogens (tertiary/aromatic N) is 4. The molecule has 0 unspecified atom stereocenters. The van der Waals surface area contributed by atoms with Crippen LogP contribution in [0.1, 0.15) is 34.1 Å². The minimum atomic E-state index is -3.69. The number of anilines is 1. The van der Waals surface area contributed by atoms with Gasteiger partial charge < -0.3 is 10.4 Å². The predicted octanol–water partition coefficient (Wildman–Crippen LogP) is 4.00. The van der Waals surface area contributed by atoms with E-state index in [9.17, 15) is 18.3 Å². The van der Waals surface area contributed by atoms with Crippen molar-refractivity contribution in [2.75, 3.05) is 18.5 Å². The van der Waals surface area contributed by atoms with E-state index >= 15 is 0 Å². The number of amides is 1. The van der Waals surface area contributed by atoms with Gasteiger partial charge in [-0.25, -0.2) is 13.4 Å². The lowest BCUT2D eigenvalue weighted by atomic mass is 9.94. The van der Waals surface area contributed by atoms with E-state index in [0.29, 0.717) is 24.5 Å². The number of sulfonamides is 1. The minimum absolute atomic E-state index is 0. The zero-order valence-corrected chi connectivity index (χ0v) is 21.4. The second kappa shape index (κ2) is 9.54. The van der Waals surface area contributed by atoms with E-state index in [-0.39, 0.29) is 26.3 Å². The van der Waals surface area contributed by atoms with Crippen molar-refractivity contribution >= 4 is 32.8 Å². The van der Waals surface area contributed by atoms with E-state index in [1.54, 1.807) is 42.7 Å². The number of pyridine rings is 1. The van der Waals surface area contributed by atoms with Crippen LogP contribution >= 0.6 is 0 Å². The van der Waals surface area contributed by atoms with Crippen LogP contribution < -0.4 is 5.32 Å². The molecule has 2 N–H and O–H groups in total. The average molecular weight is 534 g/mol. The van der Waals surface area contributed by atoms with Gasteiger partial charge in [0, 0.05) is 33.4 Å².